The van der Waals surface area contributed by atoms with Crippen LogP contribution in [0.25, 0.3) is 11.1 Å². The Kier molecular flexibility index (Phi) is 9.19. The van der Waals surface area contributed by atoms with Crippen LogP contribution in [-0.2, 0) is 16.0 Å². The van der Waals surface area contributed by atoms with Crippen molar-refractivity contribution in [2.24, 2.45) is 0 Å². The topological polar surface area (TPSA) is 35.5 Å². The fourth-order valence-electron chi connectivity index (χ4n) is 2.88. The Balaban J connectivity index is 1.65. The van der Waals surface area contributed by atoms with Crippen LogP contribution in [0.5, 0.6) is 5.75 Å². The van der Waals surface area contributed by atoms with Crippen LogP contribution in [-0.4, -0.2) is 19.2 Å². The molecule has 3 heteroatoms. The Morgan fingerprint density at radius 3 is 2.07 bits per heavy atom. The fraction of sp³-hybridized carbons (Fsp3) is 0.375. The van der Waals surface area contributed by atoms with Gasteiger partial charge in [0.05, 0.1) is 13.2 Å². The molecule has 0 amide bonds. The highest BCUT2D eigenvalue weighted by Crippen LogP contribution is 2.23. The molecule has 0 aliphatic rings. The van der Waals surface area contributed by atoms with Crippen LogP contribution in [0.4, 0.5) is 0 Å². The zero-order valence-corrected chi connectivity index (χ0v) is 16.3. The van der Waals surface area contributed by atoms with Crippen LogP contribution >= 0.6 is 0 Å². The van der Waals surface area contributed by atoms with Crippen molar-refractivity contribution < 1.29 is 14.3 Å². The van der Waals surface area contributed by atoms with E-state index < -0.39 is 0 Å². The molecular formula is C24H30O3. The van der Waals surface area contributed by atoms with Crippen LogP contribution in [0, 0.1) is 0 Å². The second-order valence-electron chi connectivity index (χ2n) is 6.61. The smallest absolute Gasteiger partial charge is 0.330 e. The number of benzene rings is 2. The average Bonchev–Trinajstić information content (AvgIpc) is 2.71. The van der Waals surface area contributed by atoms with Crippen molar-refractivity contribution in [1.29, 1.82) is 0 Å². The van der Waals surface area contributed by atoms with Gasteiger partial charge in [0, 0.05) is 6.08 Å². The van der Waals surface area contributed by atoms with Crippen molar-refractivity contribution in [3.8, 4) is 16.9 Å². The normalized spacial score (nSPS) is 10.4. The maximum atomic E-state index is 10.9. The first-order valence-electron chi connectivity index (χ1n) is 9.84. The molecule has 0 aliphatic heterocycles. The maximum Gasteiger partial charge on any atom is 0.330 e. The minimum Gasteiger partial charge on any atom is -0.494 e. The van der Waals surface area contributed by atoms with Crippen molar-refractivity contribution in [2.75, 3.05) is 13.2 Å². The van der Waals surface area contributed by atoms with E-state index >= 15 is 0 Å². The highest BCUT2D eigenvalue weighted by Gasteiger charge is 2.00. The predicted molar refractivity (Wildman–Crippen MR) is 111 cm³/mol. The molecule has 2 aromatic carbocycles. The van der Waals surface area contributed by atoms with Crippen molar-refractivity contribution in [1.82, 2.24) is 0 Å². The van der Waals surface area contributed by atoms with Crippen LogP contribution in [0.3, 0.4) is 0 Å². The molecule has 2 rings (SSSR count). The number of carbonyl (C=O) groups is 1. The third-order valence-electron chi connectivity index (χ3n) is 4.40. The highest BCUT2D eigenvalue weighted by atomic mass is 16.5. The summed E-state index contributed by atoms with van der Waals surface area (Å²) in [6.45, 7) is 6.74. The molecule has 0 bridgehead atoms. The molecule has 0 atom stereocenters. The first kappa shape index (κ1) is 20.8. The molecule has 0 heterocycles. The zero-order chi connectivity index (χ0) is 19.3. The van der Waals surface area contributed by atoms with E-state index in [4.69, 9.17) is 9.47 Å². The minimum atomic E-state index is -0.348. The molecule has 0 N–H and O–H groups in total. The van der Waals surface area contributed by atoms with Gasteiger partial charge in [0.25, 0.3) is 0 Å². The molecule has 2 aromatic rings. The van der Waals surface area contributed by atoms with Crippen LogP contribution in [0.15, 0.2) is 61.2 Å². The third kappa shape index (κ3) is 7.69. The van der Waals surface area contributed by atoms with Gasteiger partial charge in [0.15, 0.2) is 0 Å². The lowest BCUT2D eigenvalue weighted by Crippen LogP contribution is -2.02. The highest BCUT2D eigenvalue weighted by molar-refractivity contribution is 5.81. The monoisotopic (exact) mass is 366 g/mol. The summed E-state index contributed by atoms with van der Waals surface area (Å²) < 4.78 is 10.8. The van der Waals surface area contributed by atoms with E-state index in [0.717, 1.165) is 37.9 Å². The lowest BCUT2D eigenvalue weighted by molar-refractivity contribution is -0.137. The van der Waals surface area contributed by atoms with E-state index in [0.29, 0.717) is 13.2 Å². The Labute approximate surface area is 163 Å². The van der Waals surface area contributed by atoms with Crippen LogP contribution in [0.1, 0.15) is 44.6 Å². The van der Waals surface area contributed by atoms with Crippen molar-refractivity contribution in [3.63, 3.8) is 0 Å². The Morgan fingerprint density at radius 2 is 1.48 bits per heavy atom. The summed E-state index contributed by atoms with van der Waals surface area (Å²) >= 11 is 0. The third-order valence-corrected chi connectivity index (χ3v) is 4.40. The first-order chi connectivity index (χ1) is 13.2. The molecule has 0 saturated carbocycles. The van der Waals surface area contributed by atoms with Gasteiger partial charge in [0.2, 0.25) is 0 Å². The number of carbonyl (C=O) groups excluding carboxylic acids is 1. The Bertz CT molecular complexity index is 687. The lowest BCUT2D eigenvalue weighted by atomic mass is 10.0. The SMILES string of the molecule is C=CC(=O)OCCCCCCOc1ccc(-c2ccc(CCC)cc2)cc1. The van der Waals surface area contributed by atoms with Gasteiger partial charge in [-0.15, -0.1) is 0 Å². The van der Waals surface area contributed by atoms with Crippen molar-refractivity contribution in [2.45, 2.75) is 45.4 Å². The molecule has 0 aliphatic carbocycles. The number of unbranched alkanes of at least 4 members (excludes halogenated alkanes) is 3. The van der Waals surface area contributed by atoms with E-state index in [-0.39, 0.29) is 5.97 Å². The van der Waals surface area contributed by atoms with Gasteiger partial charge in [-0.25, -0.2) is 4.79 Å². The van der Waals surface area contributed by atoms with E-state index in [1.165, 1.54) is 29.2 Å². The summed E-state index contributed by atoms with van der Waals surface area (Å²) in [6.07, 6.45) is 7.47. The lowest BCUT2D eigenvalue weighted by Gasteiger charge is -2.08. The number of rotatable bonds is 12. The van der Waals surface area contributed by atoms with Crippen LogP contribution < -0.4 is 4.74 Å². The van der Waals surface area contributed by atoms with E-state index in [1.54, 1.807) is 0 Å². The Morgan fingerprint density at radius 1 is 0.889 bits per heavy atom. The standard InChI is InChI=1S/C24H30O3/c1-3-9-20-10-12-21(13-11-20)22-14-16-23(17-15-22)26-18-7-5-6-8-19-27-24(25)4-2/h4,10-17H,2-3,5-9,18-19H2,1H3. The van der Waals surface area contributed by atoms with Crippen molar-refractivity contribution in [3.05, 3.63) is 66.7 Å². The minimum absolute atomic E-state index is 0.348. The molecule has 0 spiro atoms. The van der Waals surface area contributed by atoms with Crippen LogP contribution in [0.2, 0.25) is 0 Å². The van der Waals surface area contributed by atoms with Gasteiger partial charge < -0.3 is 9.47 Å². The number of hydrogen-bond donors (Lipinski definition) is 0. The molecule has 27 heavy (non-hydrogen) atoms. The summed E-state index contributed by atoms with van der Waals surface area (Å²) in [7, 11) is 0. The molecule has 0 aromatic heterocycles. The van der Waals surface area contributed by atoms with Gasteiger partial charge in [0.1, 0.15) is 5.75 Å². The van der Waals surface area contributed by atoms with Crippen molar-refractivity contribution >= 4 is 5.97 Å². The number of hydrogen-bond acceptors (Lipinski definition) is 3. The van der Waals surface area contributed by atoms with E-state index in [2.05, 4.69) is 49.9 Å². The predicted octanol–water partition coefficient (Wildman–Crippen LogP) is 5.97. The molecular weight excluding hydrogens is 336 g/mol. The fourth-order valence-corrected chi connectivity index (χ4v) is 2.88. The number of aryl methyl sites for hydroxylation is 1. The second-order valence-corrected chi connectivity index (χ2v) is 6.61. The summed E-state index contributed by atoms with van der Waals surface area (Å²) in [4.78, 5) is 10.9. The quantitative estimate of drug-likeness (QED) is 0.263. The first-order valence-corrected chi connectivity index (χ1v) is 9.84. The molecule has 0 fully saturated rings. The molecule has 144 valence electrons. The molecule has 0 radical (unpaired) electrons. The van der Waals surface area contributed by atoms with E-state index in [9.17, 15) is 4.79 Å². The summed E-state index contributed by atoms with van der Waals surface area (Å²) in [5.41, 5.74) is 3.83. The Hall–Kier alpha value is -2.55. The van der Waals surface area contributed by atoms with Gasteiger partial charge in [-0.1, -0.05) is 56.3 Å². The largest absolute Gasteiger partial charge is 0.494 e. The van der Waals surface area contributed by atoms with Gasteiger partial charge in [-0.3, -0.25) is 0 Å². The summed E-state index contributed by atoms with van der Waals surface area (Å²) in [5.74, 6) is 0.556. The van der Waals surface area contributed by atoms with Gasteiger partial charge in [-0.05, 0) is 60.9 Å². The van der Waals surface area contributed by atoms with E-state index in [1.807, 2.05) is 12.1 Å². The second kappa shape index (κ2) is 11.9. The summed E-state index contributed by atoms with van der Waals surface area (Å²) in [6, 6.07) is 17.1. The zero-order valence-electron chi connectivity index (χ0n) is 16.3. The molecule has 0 saturated heterocycles. The maximum absolute atomic E-state index is 10.9. The van der Waals surface area contributed by atoms with Gasteiger partial charge >= 0.3 is 5.97 Å². The molecule has 3 nitrogen and oxygen atoms in total. The molecule has 0 unspecified atom stereocenters. The average molecular weight is 367 g/mol. The number of esters is 1. The van der Waals surface area contributed by atoms with Gasteiger partial charge in [-0.2, -0.15) is 0 Å². The summed E-state index contributed by atoms with van der Waals surface area (Å²) in [5, 5.41) is 0. The number of ether oxygens (including phenoxy) is 2.